The number of benzene rings is 7. The average molecular weight is 508 g/mol. The van der Waals surface area contributed by atoms with Gasteiger partial charge in [-0.3, -0.25) is 4.98 Å². The molecule has 1 heterocycles. The normalized spacial score (nSPS) is 11.5. The molecule has 1 nitrogen and oxygen atoms in total. The van der Waals surface area contributed by atoms with E-state index in [0.717, 1.165) is 22.0 Å². The highest BCUT2D eigenvalue weighted by Gasteiger charge is 2.17. The van der Waals surface area contributed by atoms with E-state index in [4.69, 9.17) is 4.98 Å². The maximum Gasteiger partial charge on any atom is 0.0780 e. The maximum atomic E-state index is 5.13. The second-order valence-electron chi connectivity index (χ2n) is 10.3. The molecular weight excluding hydrogens is 482 g/mol. The van der Waals surface area contributed by atoms with E-state index in [2.05, 4.69) is 152 Å². The molecule has 7 aromatic carbocycles. The largest absolute Gasteiger partial charge is 0.255 e. The molecule has 40 heavy (non-hydrogen) atoms. The summed E-state index contributed by atoms with van der Waals surface area (Å²) in [4.78, 5) is 5.13. The van der Waals surface area contributed by atoms with E-state index >= 15 is 0 Å². The van der Waals surface area contributed by atoms with Crippen LogP contribution in [0.1, 0.15) is 0 Å². The summed E-state index contributed by atoms with van der Waals surface area (Å²) >= 11 is 0. The minimum atomic E-state index is 1.03. The summed E-state index contributed by atoms with van der Waals surface area (Å²) in [6.07, 6.45) is 2.06. The second-order valence-corrected chi connectivity index (χ2v) is 10.3. The molecule has 1 aromatic heterocycles. The standard InChI is InChI=1S/C39H25N/c1-2-13-27(14-3-1)37-32-18-6-8-20-34(32)38(35-21-9-7-19-33(35)37)29-24-28-16-11-23-36(39(28)40-25-29)31-22-10-15-26-12-4-5-17-30(26)31/h1-25H. The van der Waals surface area contributed by atoms with Crippen LogP contribution in [0.4, 0.5) is 0 Å². The Morgan fingerprint density at radius 3 is 1.52 bits per heavy atom. The van der Waals surface area contributed by atoms with Crippen molar-refractivity contribution in [3.05, 3.63) is 152 Å². The molecule has 0 aliphatic carbocycles. The lowest BCUT2D eigenvalue weighted by atomic mass is 9.86. The first-order chi connectivity index (χ1) is 19.9. The quantitative estimate of drug-likeness (QED) is 0.217. The lowest BCUT2D eigenvalue weighted by molar-refractivity contribution is 1.41. The van der Waals surface area contributed by atoms with Crippen molar-refractivity contribution in [2.75, 3.05) is 0 Å². The zero-order valence-corrected chi connectivity index (χ0v) is 21.9. The Hall–Kier alpha value is -5.27. The Morgan fingerprint density at radius 2 is 0.850 bits per heavy atom. The van der Waals surface area contributed by atoms with Gasteiger partial charge in [0, 0.05) is 22.7 Å². The molecule has 0 aliphatic rings. The number of hydrogen-bond donors (Lipinski definition) is 0. The Morgan fingerprint density at radius 1 is 0.350 bits per heavy atom. The fourth-order valence-electron chi connectivity index (χ4n) is 6.33. The lowest BCUT2D eigenvalue weighted by Crippen LogP contribution is -1.92. The van der Waals surface area contributed by atoms with E-state index in [1.165, 1.54) is 54.6 Å². The van der Waals surface area contributed by atoms with E-state index < -0.39 is 0 Å². The molecule has 0 radical (unpaired) electrons. The fraction of sp³-hybridized carbons (Fsp3) is 0. The fourth-order valence-corrected chi connectivity index (χ4v) is 6.33. The molecule has 0 unspecified atom stereocenters. The molecule has 0 fully saturated rings. The van der Waals surface area contributed by atoms with Gasteiger partial charge < -0.3 is 0 Å². The van der Waals surface area contributed by atoms with Gasteiger partial charge in [-0.25, -0.2) is 0 Å². The number of hydrogen-bond acceptors (Lipinski definition) is 1. The van der Waals surface area contributed by atoms with Gasteiger partial charge in [-0.2, -0.15) is 0 Å². The van der Waals surface area contributed by atoms with Crippen molar-refractivity contribution in [2.45, 2.75) is 0 Å². The minimum Gasteiger partial charge on any atom is -0.255 e. The molecule has 0 aliphatic heterocycles. The molecule has 0 N–H and O–H groups in total. The number of aromatic nitrogens is 1. The first kappa shape index (κ1) is 22.7. The highest BCUT2D eigenvalue weighted by Crippen LogP contribution is 2.44. The SMILES string of the molecule is c1ccc(-c2c3ccccc3c(-c3cnc4c(-c5cccc6ccccc56)cccc4c3)c3ccccc23)cc1. The predicted octanol–water partition coefficient (Wildman–Crippen LogP) is 10.7. The first-order valence-electron chi connectivity index (χ1n) is 13.7. The van der Waals surface area contributed by atoms with E-state index in [0.29, 0.717) is 0 Å². The van der Waals surface area contributed by atoms with Crippen LogP contribution < -0.4 is 0 Å². The number of rotatable bonds is 3. The van der Waals surface area contributed by atoms with Crippen LogP contribution in [0.25, 0.3) is 76.6 Å². The van der Waals surface area contributed by atoms with Crippen molar-refractivity contribution < 1.29 is 0 Å². The molecule has 0 saturated heterocycles. The van der Waals surface area contributed by atoms with Crippen LogP contribution in [0.3, 0.4) is 0 Å². The molecule has 0 bridgehead atoms. The topological polar surface area (TPSA) is 12.9 Å². The Balaban J connectivity index is 1.41. The van der Waals surface area contributed by atoms with E-state index in [-0.39, 0.29) is 0 Å². The molecule has 0 atom stereocenters. The molecular formula is C39H25N. The van der Waals surface area contributed by atoms with Crippen LogP contribution in [-0.4, -0.2) is 4.98 Å². The number of nitrogens with zero attached hydrogens (tertiary/aromatic N) is 1. The van der Waals surface area contributed by atoms with Crippen molar-refractivity contribution in [1.29, 1.82) is 0 Å². The van der Waals surface area contributed by atoms with Gasteiger partial charge in [0.2, 0.25) is 0 Å². The van der Waals surface area contributed by atoms with Gasteiger partial charge in [0.1, 0.15) is 0 Å². The molecule has 1 heteroatoms. The van der Waals surface area contributed by atoms with Crippen LogP contribution in [-0.2, 0) is 0 Å². The van der Waals surface area contributed by atoms with Crippen LogP contribution >= 0.6 is 0 Å². The summed E-state index contributed by atoms with van der Waals surface area (Å²) in [5.74, 6) is 0. The van der Waals surface area contributed by atoms with Gasteiger partial charge in [0.15, 0.2) is 0 Å². The summed E-state index contributed by atoms with van der Waals surface area (Å²) in [7, 11) is 0. The number of fused-ring (bicyclic) bond motifs is 4. The highest BCUT2D eigenvalue weighted by atomic mass is 14.7. The van der Waals surface area contributed by atoms with Crippen molar-refractivity contribution in [3.63, 3.8) is 0 Å². The third-order valence-electron chi connectivity index (χ3n) is 8.07. The summed E-state index contributed by atoms with van der Waals surface area (Å²) in [6, 6.07) is 52.2. The highest BCUT2D eigenvalue weighted by molar-refractivity contribution is 6.21. The molecule has 8 aromatic rings. The molecule has 186 valence electrons. The summed E-state index contributed by atoms with van der Waals surface area (Å²) in [5.41, 5.74) is 8.28. The number of para-hydroxylation sites is 1. The van der Waals surface area contributed by atoms with Crippen LogP contribution in [0.2, 0.25) is 0 Å². The van der Waals surface area contributed by atoms with Gasteiger partial charge in [0.05, 0.1) is 5.52 Å². The predicted molar refractivity (Wildman–Crippen MR) is 171 cm³/mol. The van der Waals surface area contributed by atoms with Crippen molar-refractivity contribution in [2.24, 2.45) is 0 Å². The molecule has 8 rings (SSSR count). The van der Waals surface area contributed by atoms with Gasteiger partial charge in [-0.15, -0.1) is 0 Å². The number of pyridine rings is 1. The molecule has 0 spiro atoms. The average Bonchev–Trinajstić information content (AvgIpc) is 3.03. The van der Waals surface area contributed by atoms with Crippen molar-refractivity contribution >= 4 is 43.2 Å². The van der Waals surface area contributed by atoms with Gasteiger partial charge in [0.25, 0.3) is 0 Å². The minimum absolute atomic E-state index is 1.03. The zero-order chi connectivity index (χ0) is 26.5. The van der Waals surface area contributed by atoms with Crippen molar-refractivity contribution in [1.82, 2.24) is 4.98 Å². The third kappa shape index (κ3) is 3.52. The van der Waals surface area contributed by atoms with Gasteiger partial charge >= 0.3 is 0 Å². The van der Waals surface area contributed by atoms with E-state index in [1.54, 1.807) is 0 Å². The Bertz CT molecular complexity index is 2150. The summed E-state index contributed by atoms with van der Waals surface area (Å²) in [5, 5.41) is 8.63. The van der Waals surface area contributed by atoms with Crippen molar-refractivity contribution in [3.8, 4) is 33.4 Å². The molecule has 0 saturated carbocycles. The summed E-state index contributed by atoms with van der Waals surface area (Å²) < 4.78 is 0. The summed E-state index contributed by atoms with van der Waals surface area (Å²) in [6.45, 7) is 0. The van der Waals surface area contributed by atoms with Gasteiger partial charge in [-0.05, 0) is 60.6 Å². The second kappa shape index (κ2) is 9.18. The smallest absolute Gasteiger partial charge is 0.0780 e. The van der Waals surface area contributed by atoms with E-state index in [9.17, 15) is 0 Å². The third-order valence-corrected chi connectivity index (χ3v) is 8.07. The van der Waals surface area contributed by atoms with E-state index in [1.807, 2.05) is 0 Å². The monoisotopic (exact) mass is 507 g/mol. The Labute approximate surface area is 233 Å². The van der Waals surface area contributed by atoms with Crippen LogP contribution in [0, 0.1) is 0 Å². The zero-order valence-electron chi connectivity index (χ0n) is 21.9. The Kier molecular flexibility index (Phi) is 5.21. The van der Waals surface area contributed by atoms with Crippen LogP contribution in [0.15, 0.2) is 152 Å². The first-order valence-corrected chi connectivity index (χ1v) is 13.7. The molecule has 0 amide bonds. The van der Waals surface area contributed by atoms with Gasteiger partial charge in [-0.1, -0.05) is 140 Å². The maximum absolute atomic E-state index is 5.13. The lowest BCUT2D eigenvalue weighted by Gasteiger charge is -2.18. The van der Waals surface area contributed by atoms with Crippen LogP contribution in [0.5, 0.6) is 0 Å².